The molecule has 0 bridgehead atoms. The van der Waals surface area contributed by atoms with Crippen LogP contribution in [0.25, 0.3) is 22.4 Å². The third kappa shape index (κ3) is 2.02. The number of benzene rings is 1. The van der Waals surface area contributed by atoms with Crippen molar-refractivity contribution < 1.29 is 5.11 Å². The van der Waals surface area contributed by atoms with E-state index in [1.165, 1.54) is 0 Å². The lowest BCUT2D eigenvalue weighted by Gasteiger charge is -2.12. The van der Waals surface area contributed by atoms with E-state index < -0.39 is 0 Å². The molecule has 6 nitrogen and oxygen atoms in total. The molecule has 0 unspecified atom stereocenters. The summed E-state index contributed by atoms with van der Waals surface area (Å²) in [4.78, 5) is 4.47. The van der Waals surface area contributed by atoms with Crippen molar-refractivity contribution in [1.29, 1.82) is 5.26 Å². The van der Waals surface area contributed by atoms with Crippen LogP contribution in [0.5, 0.6) is 5.75 Å². The number of anilines is 1. The maximum absolute atomic E-state index is 10.2. The number of phenolic OH excluding ortho intramolecular Hbond substituents is 1. The van der Waals surface area contributed by atoms with Crippen molar-refractivity contribution in [2.75, 3.05) is 5.73 Å². The molecule has 0 fully saturated rings. The van der Waals surface area contributed by atoms with E-state index in [0.717, 1.165) is 45.7 Å². The van der Waals surface area contributed by atoms with Crippen molar-refractivity contribution in [1.82, 2.24) is 14.8 Å². The van der Waals surface area contributed by atoms with Crippen LogP contribution in [0, 0.1) is 18.3 Å². The highest BCUT2D eigenvalue weighted by atomic mass is 16.3. The number of fused-ring (bicyclic) bond motifs is 3. The molecule has 0 saturated carbocycles. The average molecular weight is 331 g/mol. The quantitative estimate of drug-likeness (QED) is 0.588. The Kier molecular flexibility index (Phi) is 3.25. The number of nitrogens with zero attached hydrogens (tertiary/aromatic N) is 4. The lowest BCUT2D eigenvalue weighted by molar-refractivity contribution is 0.470. The van der Waals surface area contributed by atoms with Crippen molar-refractivity contribution in [2.24, 2.45) is 0 Å². The normalized spacial score (nSPS) is 11.9. The highest BCUT2D eigenvalue weighted by Crippen LogP contribution is 2.46. The van der Waals surface area contributed by atoms with Gasteiger partial charge in [0.05, 0.1) is 11.9 Å². The summed E-state index contributed by atoms with van der Waals surface area (Å²) in [5, 5.41) is 24.3. The highest BCUT2D eigenvalue weighted by molar-refractivity contribution is 5.89. The van der Waals surface area contributed by atoms with Crippen molar-refractivity contribution in [3.8, 4) is 34.2 Å². The predicted octanol–water partition coefficient (Wildman–Crippen LogP) is 3.00. The van der Waals surface area contributed by atoms with Crippen molar-refractivity contribution in [3.05, 3.63) is 46.8 Å². The Morgan fingerprint density at radius 2 is 2.12 bits per heavy atom. The van der Waals surface area contributed by atoms with Gasteiger partial charge in [-0.3, -0.25) is 4.68 Å². The van der Waals surface area contributed by atoms with Crippen molar-refractivity contribution in [2.45, 2.75) is 26.8 Å². The van der Waals surface area contributed by atoms with Gasteiger partial charge in [-0.1, -0.05) is 12.1 Å². The number of nitrogens with two attached hydrogens (primary N) is 1. The van der Waals surface area contributed by atoms with Crippen LogP contribution < -0.4 is 5.73 Å². The summed E-state index contributed by atoms with van der Waals surface area (Å²) in [6, 6.07) is 7.58. The number of rotatable bonds is 2. The molecule has 1 aromatic carbocycles. The van der Waals surface area contributed by atoms with Gasteiger partial charge >= 0.3 is 0 Å². The minimum Gasteiger partial charge on any atom is -0.508 e. The van der Waals surface area contributed by atoms with E-state index >= 15 is 0 Å². The second kappa shape index (κ2) is 5.35. The van der Waals surface area contributed by atoms with Gasteiger partial charge in [0, 0.05) is 40.9 Å². The van der Waals surface area contributed by atoms with E-state index in [1.54, 1.807) is 18.3 Å². The van der Waals surface area contributed by atoms with Gasteiger partial charge < -0.3 is 10.8 Å². The van der Waals surface area contributed by atoms with Crippen molar-refractivity contribution >= 4 is 5.82 Å². The molecule has 3 N–H and O–H groups in total. The maximum atomic E-state index is 10.2. The summed E-state index contributed by atoms with van der Waals surface area (Å²) in [5.41, 5.74) is 12.5. The highest BCUT2D eigenvalue weighted by Gasteiger charge is 2.30. The van der Waals surface area contributed by atoms with Crippen LogP contribution >= 0.6 is 0 Å². The number of pyridine rings is 1. The summed E-state index contributed by atoms with van der Waals surface area (Å²) in [6.07, 6.45) is 2.29. The first-order chi connectivity index (χ1) is 12.1. The monoisotopic (exact) mass is 331 g/mol. The lowest BCUT2D eigenvalue weighted by Crippen LogP contribution is -2.04. The molecule has 0 amide bonds. The first-order valence-corrected chi connectivity index (χ1v) is 8.13. The zero-order valence-corrected chi connectivity index (χ0v) is 14.0. The van der Waals surface area contributed by atoms with Gasteiger partial charge in [0.1, 0.15) is 23.2 Å². The zero-order valence-electron chi connectivity index (χ0n) is 14.0. The third-order valence-corrected chi connectivity index (χ3v) is 4.87. The van der Waals surface area contributed by atoms with E-state index in [1.807, 2.05) is 24.6 Å². The number of nitrogen functional groups attached to an aromatic ring is 1. The van der Waals surface area contributed by atoms with Crippen LogP contribution in [0.2, 0.25) is 0 Å². The summed E-state index contributed by atoms with van der Waals surface area (Å²) in [5.74, 6) is 0.440. The van der Waals surface area contributed by atoms with Gasteiger partial charge in [-0.15, -0.1) is 0 Å². The standard InChI is InChI=1S/C19H17N5O/c1-3-24-10(2)15(9-22-24)17-13-7-12-11(5-4-6-16(12)25)18(13)23-19(21)14(17)8-20/h4-6,9,25H,3,7H2,1-2H3,(H2,21,23). The summed E-state index contributed by atoms with van der Waals surface area (Å²) < 4.78 is 1.89. The number of phenols is 1. The van der Waals surface area contributed by atoms with Crippen LogP contribution in [-0.2, 0) is 13.0 Å². The fourth-order valence-corrected chi connectivity index (χ4v) is 3.62. The SMILES string of the molecule is CCn1ncc(-c2c(C#N)c(N)nc3c2Cc2c(O)cccc2-3)c1C. The largest absolute Gasteiger partial charge is 0.508 e. The van der Waals surface area contributed by atoms with E-state index in [2.05, 4.69) is 16.2 Å². The summed E-state index contributed by atoms with van der Waals surface area (Å²) >= 11 is 0. The molecule has 0 spiro atoms. The number of aromatic nitrogens is 3. The smallest absolute Gasteiger partial charge is 0.142 e. The van der Waals surface area contributed by atoms with Gasteiger partial charge in [-0.05, 0) is 25.5 Å². The molecule has 1 aliphatic carbocycles. The van der Waals surface area contributed by atoms with Gasteiger partial charge in [0.2, 0.25) is 0 Å². The molecule has 0 saturated heterocycles. The molecular weight excluding hydrogens is 314 g/mol. The van der Waals surface area contributed by atoms with E-state index in [4.69, 9.17) is 5.73 Å². The minimum absolute atomic E-state index is 0.205. The van der Waals surface area contributed by atoms with Gasteiger partial charge in [0.25, 0.3) is 0 Å². The number of aromatic hydroxyl groups is 1. The van der Waals surface area contributed by atoms with E-state index in [-0.39, 0.29) is 11.6 Å². The van der Waals surface area contributed by atoms with Gasteiger partial charge in [-0.2, -0.15) is 10.4 Å². The minimum atomic E-state index is 0.205. The van der Waals surface area contributed by atoms with Crippen LogP contribution in [0.4, 0.5) is 5.82 Å². The first-order valence-electron chi connectivity index (χ1n) is 8.13. The summed E-state index contributed by atoms with van der Waals surface area (Å²) in [7, 11) is 0. The molecule has 0 atom stereocenters. The Morgan fingerprint density at radius 3 is 2.80 bits per heavy atom. The van der Waals surface area contributed by atoms with Crippen LogP contribution in [0.3, 0.4) is 0 Å². The van der Waals surface area contributed by atoms with Gasteiger partial charge in [0.15, 0.2) is 0 Å². The zero-order chi connectivity index (χ0) is 17.7. The molecule has 2 aromatic heterocycles. The Hall–Kier alpha value is -3.33. The van der Waals surface area contributed by atoms with Crippen molar-refractivity contribution in [3.63, 3.8) is 0 Å². The molecule has 3 aromatic rings. The van der Waals surface area contributed by atoms with Crippen LogP contribution in [-0.4, -0.2) is 19.9 Å². The molecule has 6 heteroatoms. The second-order valence-corrected chi connectivity index (χ2v) is 6.13. The molecule has 0 aliphatic heterocycles. The lowest BCUT2D eigenvalue weighted by atomic mass is 9.94. The molecule has 0 radical (unpaired) electrons. The summed E-state index contributed by atoms with van der Waals surface area (Å²) in [6.45, 7) is 4.75. The second-order valence-electron chi connectivity index (χ2n) is 6.13. The third-order valence-electron chi connectivity index (χ3n) is 4.87. The number of nitriles is 1. The van der Waals surface area contributed by atoms with E-state index in [0.29, 0.717) is 12.0 Å². The van der Waals surface area contributed by atoms with Crippen LogP contribution in [0.15, 0.2) is 24.4 Å². The first kappa shape index (κ1) is 15.2. The molecule has 1 aliphatic rings. The number of aryl methyl sites for hydroxylation is 1. The molecule has 4 rings (SSSR count). The number of hydrogen-bond acceptors (Lipinski definition) is 5. The Morgan fingerprint density at radius 1 is 1.32 bits per heavy atom. The van der Waals surface area contributed by atoms with E-state index in [9.17, 15) is 10.4 Å². The average Bonchev–Trinajstić information content (AvgIpc) is 3.15. The molecule has 25 heavy (non-hydrogen) atoms. The Bertz CT molecular complexity index is 1060. The van der Waals surface area contributed by atoms with Crippen LogP contribution in [0.1, 0.15) is 29.3 Å². The number of hydrogen-bond donors (Lipinski definition) is 2. The molecular formula is C19H17N5O. The topological polar surface area (TPSA) is 101 Å². The molecule has 124 valence electrons. The maximum Gasteiger partial charge on any atom is 0.142 e. The Labute approximate surface area is 145 Å². The Balaban J connectivity index is 2.07. The van der Waals surface area contributed by atoms with Gasteiger partial charge in [-0.25, -0.2) is 4.98 Å². The fourth-order valence-electron chi connectivity index (χ4n) is 3.62. The predicted molar refractivity (Wildman–Crippen MR) is 94.9 cm³/mol. The fraction of sp³-hybridized carbons (Fsp3) is 0.211. The molecule has 2 heterocycles.